The number of ether oxygens (including phenoxy) is 1. The van der Waals surface area contributed by atoms with Gasteiger partial charge in [-0.1, -0.05) is 103 Å². The molecular weight excluding hydrogens is 523 g/mol. The second-order valence-electron chi connectivity index (χ2n) is 10.5. The van der Waals surface area contributed by atoms with Crippen LogP contribution in [0.15, 0.2) is 149 Å². The summed E-state index contributed by atoms with van der Waals surface area (Å²) in [5.41, 5.74) is 6.02. The van der Waals surface area contributed by atoms with Gasteiger partial charge >= 0.3 is 0 Å². The zero-order chi connectivity index (χ0) is 26.3. The van der Waals surface area contributed by atoms with Gasteiger partial charge in [0.15, 0.2) is 19.6 Å². The second kappa shape index (κ2) is 8.24. The predicted octanol–water partition coefficient (Wildman–Crippen LogP) is 7.08. The predicted molar refractivity (Wildman–Crippen MR) is 168 cm³/mol. The SMILES string of the molecule is c1ccc2c(c1)Oc1ccccc1N2c1ccc2c(c1)[Si]1(c3ccccc3Sc3ccccc31)c1ccccc1-2. The van der Waals surface area contributed by atoms with Gasteiger partial charge in [-0.3, -0.25) is 0 Å². The molecular formula is C36H23NOSSi. The number of para-hydroxylation sites is 4. The number of rotatable bonds is 1. The zero-order valence-corrected chi connectivity index (χ0v) is 23.4. The van der Waals surface area contributed by atoms with E-state index in [9.17, 15) is 0 Å². The number of anilines is 3. The van der Waals surface area contributed by atoms with E-state index in [1.165, 1.54) is 41.7 Å². The minimum absolute atomic E-state index is 0.877. The minimum atomic E-state index is -2.56. The summed E-state index contributed by atoms with van der Waals surface area (Å²) in [4.78, 5) is 5.13. The van der Waals surface area contributed by atoms with Gasteiger partial charge in [-0.05, 0) is 80.4 Å². The third kappa shape index (κ3) is 2.84. The number of nitrogens with zero attached hydrogens (tertiary/aromatic N) is 1. The fourth-order valence-corrected chi connectivity index (χ4v) is 14.4. The Labute approximate surface area is 238 Å². The monoisotopic (exact) mass is 545 g/mol. The molecule has 3 heterocycles. The topological polar surface area (TPSA) is 12.5 Å². The summed E-state index contributed by atoms with van der Waals surface area (Å²) in [5, 5.41) is 5.94. The molecule has 0 aliphatic carbocycles. The number of fused-ring (bicyclic) bond motifs is 11. The van der Waals surface area contributed by atoms with Crippen molar-refractivity contribution in [1.82, 2.24) is 0 Å². The van der Waals surface area contributed by atoms with Crippen molar-refractivity contribution in [2.45, 2.75) is 9.79 Å². The number of hydrogen-bond acceptors (Lipinski definition) is 3. The van der Waals surface area contributed by atoms with Gasteiger partial charge in [0.2, 0.25) is 0 Å². The van der Waals surface area contributed by atoms with E-state index in [0.29, 0.717) is 0 Å². The van der Waals surface area contributed by atoms with E-state index in [1.807, 2.05) is 23.9 Å². The zero-order valence-electron chi connectivity index (χ0n) is 21.5. The van der Waals surface area contributed by atoms with Crippen LogP contribution >= 0.6 is 11.8 Å². The van der Waals surface area contributed by atoms with Crippen molar-refractivity contribution in [2.75, 3.05) is 4.90 Å². The summed E-state index contributed by atoms with van der Waals surface area (Å²) in [7, 11) is -2.56. The molecule has 0 fully saturated rings. The van der Waals surface area contributed by atoms with Gasteiger partial charge in [-0.25, -0.2) is 0 Å². The molecule has 6 aromatic rings. The highest BCUT2D eigenvalue weighted by atomic mass is 32.2. The van der Waals surface area contributed by atoms with Crippen molar-refractivity contribution >= 4 is 57.6 Å². The van der Waals surface area contributed by atoms with E-state index in [0.717, 1.165) is 28.6 Å². The molecule has 3 aliphatic rings. The highest BCUT2D eigenvalue weighted by Crippen LogP contribution is 2.50. The molecule has 0 atom stereocenters. The minimum Gasteiger partial charge on any atom is -0.453 e. The van der Waals surface area contributed by atoms with Gasteiger partial charge in [-0.15, -0.1) is 0 Å². The Morgan fingerprint density at radius 3 is 1.68 bits per heavy atom. The van der Waals surface area contributed by atoms with Crippen molar-refractivity contribution in [3.63, 3.8) is 0 Å². The summed E-state index contributed by atoms with van der Waals surface area (Å²) in [6.07, 6.45) is 0. The Morgan fingerprint density at radius 1 is 0.475 bits per heavy atom. The quantitative estimate of drug-likeness (QED) is 0.205. The molecule has 0 saturated heterocycles. The third-order valence-electron chi connectivity index (χ3n) is 8.52. The van der Waals surface area contributed by atoms with Gasteiger partial charge in [-0.2, -0.15) is 0 Å². The van der Waals surface area contributed by atoms with Crippen LogP contribution in [0, 0.1) is 0 Å². The van der Waals surface area contributed by atoms with Crippen LogP contribution in [0.3, 0.4) is 0 Å². The maximum Gasteiger partial charge on any atom is 0.183 e. The van der Waals surface area contributed by atoms with Crippen LogP contribution in [0.4, 0.5) is 17.1 Å². The number of benzene rings is 6. The lowest BCUT2D eigenvalue weighted by molar-refractivity contribution is 0.477. The molecule has 0 N–H and O–H groups in total. The van der Waals surface area contributed by atoms with Crippen molar-refractivity contribution in [2.24, 2.45) is 0 Å². The van der Waals surface area contributed by atoms with Crippen LogP contribution in [-0.4, -0.2) is 8.07 Å². The van der Waals surface area contributed by atoms with Crippen LogP contribution in [0.5, 0.6) is 11.5 Å². The van der Waals surface area contributed by atoms with Crippen molar-refractivity contribution in [1.29, 1.82) is 0 Å². The van der Waals surface area contributed by atoms with E-state index < -0.39 is 8.07 Å². The Hall–Kier alpha value is -4.51. The van der Waals surface area contributed by atoms with Crippen molar-refractivity contribution in [3.8, 4) is 22.6 Å². The smallest absolute Gasteiger partial charge is 0.183 e. The van der Waals surface area contributed by atoms with Gasteiger partial charge in [0, 0.05) is 15.5 Å². The van der Waals surface area contributed by atoms with E-state index in [2.05, 4.69) is 132 Å². The largest absolute Gasteiger partial charge is 0.453 e. The van der Waals surface area contributed by atoms with Gasteiger partial charge in [0.05, 0.1) is 11.4 Å². The van der Waals surface area contributed by atoms with E-state index in [1.54, 1.807) is 0 Å². The van der Waals surface area contributed by atoms with Crippen LogP contribution < -0.4 is 30.4 Å². The summed E-state index contributed by atoms with van der Waals surface area (Å²) in [6, 6.07) is 51.2. The molecule has 0 saturated carbocycles. The first-order chi connectivity index (χ1) is 19.8. The Morgan fingerprint density at radius 2 is 1.00 bits per heavy atom. The Kier molecular flexibility index (Phi) is 4.60. The fourth-order valence-electron chi connectivity index (χ4n) is 6.96. The molecule has 2 nitrogen and oxygen atoms in total. The summed E-state index contributed by atoms with van der Waals surface area (Å²) in [6.45, 7) is 0. The molecule has 4 heteroatoms. The maximum absolute atomic E-state index is 6.34. The Bertz CT molecular complexity index is 1910. The molecule has 0 amide bonds. The maximum atomic E-state index is 6.34. The molecule has 40 heavy (non-hydrogen) atoms. The third-order valence-corrected chi connectivity index (χ3v) is 15.0. The lowest BCUT2D eigenvalue weighted by atomic mass is 10.0. The summed E-state index contributed by atoms with van der Waals surface area (Å²) in [5.74, 6) is 1.75. The molecule has 0 bridgehead atoms. The molecule has 188 valence electrons. The molecule has 0 aromatic heterocycles. The highest BCUT2D eigenvalue weighted by Gasteiger charge is 2.52. The van der Waals surface area contributed by atoms with E-state index >= 15 is 0 Å². The lowest BCUT2D eigenvalue weighted by Crippen LogP contribution is -2.74. The Balaban J connectivity index is 1.38. The first kappa shape index (κ1) is 22.3. The second-order valence-corrected chi connectivity index (χ2v) is 15.2. The number of hydrogen-bond donors (Lipinski definition) is 0. The summed E-state index contributed by atoms with van der Waals surface area (Å²) >= 11 is 1.91. The molecule has 3 aliphatic heterocycles. The van der Waals surface area contributed by atoms with Gasteiger partial charge in [0.25, 0.3) is 0 Å². The highest BCUT2D eigenvalue weighted by molar-refractivity contribution is 8.00. The van der Waals surface area contributed by atoms with Crippen molar-refractivity contribution < 1.29 is 4.74 Å². The van der Waals surface area contributed by atoms with Gasteiger partial charge in [0.1, 0.15) is 0 Å². The lowest BCUT2D eigenvalue weighted by Gasteiger charge is -2.38. The van der Waals surface area contributed by atoms with Crippen LogP contribution in [0.1, 0.15) is 0 Å². The average Bonchev–Trinajstić information content (AvgIpc) is 3.30. The van der Waals surface area contributed by atoms with Gasteiger partial charge < -0.3 is 9.64 Å². The fraction of sp³-hybridized carbons (Fsp3) is 0. The average molecular weight is 546 g/mol. The molecule has 9 rings (SSSR count). The normalized spacial score (nSPS) is 14.8. The first-order valence-corrected chi connectivity index (χ1v) is 16.4. The molecule has 6 aromatic carbocycles. The molecule has 1 spiro atoms. The summed E-state index contributed by atoms with van der Waals surface area (Å²) < 4.78 is 6.34. The van der Waals surface area contributed by atoms with Crippen LogP contribution in [0.25, 0.3) is 11.1 Å². The first-order valence-electron chi connectivity index (χ1n) is 13.6. The van der Waals surface area contributed by atoms with Crippen LogP contribution in [-0.2, 0) is 0 Å². The van der Waals surface area contributed by atoms with E-state index in [-0.39, 0.29) is 0 Å². The molecule has 0 unspecified atom stereocenters. The van der Waals surface area contributed by atoms with Crippen molar-refractivity contribution in [3.05, 3.63) is 140 Å². The van der Waals surface area contributed by atoms with E-state index in [4.69, 9.17) is 4.74 Å². The standard InChI is InChI=1S/C36H23NOSSi/c1-8-18-33-25(11-1)26-22-21-24(37-27-12-2-4-14-29(27)38-30-15-5-3-13-28(30)37)23-36(26)40(33)34-19-9-6-16-31(34)39-32-17-7-10-20-35(32)40/h1-23H. The molecule has 0 radical (unpaired) electrons. The van der Waals surface area contributed by atoms with Crippen LogP contribution in [0.2, 0.25) is 0 Å².